The predicted octanol–water partition coefficient (Wildman–Crippen LogP) is 4.77. The molecule has 2 unspecified atom stereocenters. The smallest absolute Gasteiger partial charge is 0.224 e. The molecule has 0 aromatic heterocycles. The van der Waals surface area contributed by atoms with E-state index in [2.05, 4.69) is 18.3 Å². The van der Waals surface area contributed by atoms with Crippen LogP contribution in [0.1, 0.15) is 45.7 Å². The number of benzene rings is 2. The van der Waals surface area contributed by atoms with Gasteiger partial charge in [-0.1, -0.05) is 18.2 Å². The summed E-state index contributed by atoms with van der Waals surface area (Å²) in [6, 6.07) is 16.6. The second-order valence-electron chi connectivity index (χ2n) is 6.92. The Hall–Kier alpha value is -2.49. The lowest BCUT2D eigenvalue weighted by molar-refractivity contribution is -0.117. The summed E-state index contributed by atoms with van der Waals surface area (Å²) in [4.78, 5) is 13.9. The number of hydrogen-bond acceptors (Lipinski definition) is 3. The van der Waals surface area contributed by atoms with Crippen LogP contribution in [0.4, 0.5) is 11.4 Å². The largest absolute Gasteiger partial charge is 0.491 e. The Kier molecular flexibility index (Phi) is 4.98. The standard InChI is InChI=1S/C21H26N2O2/c1-14(2)25-18-11-9-17(10-12-18)22-20-13-15(3)23(16(4)24)21-8-6-5-7-19(20)21/h5-12,14-15,20,22H,13H2,1-4H3. The Bertz CT molecular complexity index is 740. The van der Waals surface area contributed by atoms with E-state index in [4.69, 9.17) is 4.74 Å². The maximum Gasteiger partial charge on any atom is 0.224 e. The van der Waals surface area contributed by atoms with Gasteiger partial charge in [0.2, 0.25) is 5.91 Å². The second-order valence-corrected chi connectivity index (χ2v) is 6.92. The van der Waals surface area contributed by atoms with Crippen molar-refractivity contribution in [1.29, 1.82) is 0 Å². The molecule has 4 heteroatoms. The fourth-order valence-electron chi connectivity index (χ4n) is 3.53. The van der Waals surface area contributed by atoms with Crippen LogP contribution in [-0.2, 0) is 4.79 Å². The first kappa shape index (κ1) is 17.3. The van der Waals surface area contributed by atoms with Crippen molar-refractivity contribution < 1.29 is 9.53 Å². The van der Waals surface area contributed by atoms with E-state index in [1.54, 1.807) is 6.92 Å². The third-order valence-electron chi connectivity index (χ3n) is 4.50. The van der Waals surface area contributed by atoms with Gasteiger partial charge in [-0.2, -0.15) is 0 Å². The fraction of sp³-hybridized carbons (Fsp3) is 0.381. The van der Waals surface area contributed by atoms with Gasteiger partial charge in [0.15, 0.2) is 0 Å². The first-order valence-corrected chi connectivity index (χ1v) is 8.87. The number of nitrogens with one attached hydrogen (secondary N) is 1. The first-order valence-electron chi connectivity index (χ1n) is 8.87. The average molecular weight is 338 g/mol. The van der Waals surface area contributed by atoms with E-state index in [0.29, 0.717) is 0 Å². The van der Waals surface area contributed by atoms with E-state index in [1.165, 1.54) is 5.56 Å². The Morgan fingerprint density at radius 1 is 1.16 bits per heavy atom. The average Bonchev–Trinajstić information content (AvgIpc) is 2.56. The molecular formula is C21H26N2O2. The van der Waals surface area contributed by atoms with Crippen molar-refractivity contribution in [2.45, 2.75) is 52.3 Å². The lowest BCUT2D eigenvalue weighted by Gasteiger charge is -2.39. The van der Waals surface area contributed by atoms with Crippen LogP contribution < -0.4 is 15.0 Å². The SMILES string of the molecule is CC(=O)N1c2ccccc2C(Nc2ccc(OC(C)C)cc2)CC1C. The molecule has 1 heterocycles. The number of anilines is 2. The molecule has 1 N–H and O–H groups in total. The molecule has 0 saturated carbocycles. The number of para-hydroxylation sites is 1. The van der Waals surface area contributed by atoms with Crippen LogP contribution in [0.15, 0.2) is 48.5 Å². The molecule has 2 aromatic rings. The van der Waals surface area contributed by atoms with Crippen molar-refractivity contribution in [1.82, 2.24) is 0 Å². The third-order valence-corrected chi connectivity index (χ3v) is 4.50. The van der Waals surface area contributed by atoms with Gasteiger partial charge in [-0.05, 0) is 63.1 Å². The van der Waals surface area contributed by atoms with Gasteiger partial charge in [0, 0.05) is 24.3 Å². The molecule has 1 aliphatic heterocycles. The van der Waals surface area contributed by atoms with E-state index >= 15 is 0 Å². The summed E-state index contributed by atoms with van der Waals surface area (Å²) in [5.41, 5.74) is 3.23. The Morgan fingerprint density at radius 3 is 2.48 bits per heavy atom. The lowest BCUT2D eigenvalue weighted by atomic mass is 9.91. The van der Waals surface area contributed by atoms with Crippen molar-refractivity contribution in [3.8, 4) is 5.75 Å². The van der Waals surface area contributed by atoms with E-state index in [1.807, 2.05) is 61.2 Å². The third kappa shape index (κ3) is 3.78. The molecule has 2 aromatic carbocycles. The van der Waals surface area contributed by atoms with Gasteiger partial charge in [-0.25, -0.2) is 0 Å². The molecule has 1 amide bonds. The van der Waals surface area contributed by atoms with Crippen LogP contribution in [0.2, 0.25) is 0 Å². The number of nitrogens with zero attached hydrogens (tertiary/aromatic N) is 1. The molecule has 25 heavy (non-hydrogen) atoms. The lowest BCUT2D eigenvalue weighted by Crippen LogP contribution is -2.43. The van der Waals surface area contributed by atoms with Crippen molar-refractivity contribution in [2.75, 3.05) is 10.2 Å². The molecule has 132 valence electrons. The Labute approximate surface area is 149 Å². The van der Waals surface area contributed by atoms with Gasteiger partial charge >= 0.3 is 0 Å². The molecule has 0 spiro atoms. The maximum absolute atomic E-state index is 12.1. The van der Waals surface area contributed by atoms with Gasteiger partial charge in [-0.15, -0.1) is 0 Å². The normalized spacial score (nSPS) is 19.5. The quantitative estimate of drug-likeness (QED) is 0.873. The van der Waals surface area contributed by atoms with E-state index < -0.39 is 0 Å². The summed E-state index contributed by atoms with van der Waals surface area (Å²) in [5, 5.41) is 3.61. The number of amides is 1. The minimum atomic E-state index is 0.0913. The van der Waals surface area contributed by atoms with Crippen LogP contribution in [0, 0.1) is 0 Å². The zero-order valence-corrected chi connectivity index (χ0v) is 15.3. The molecule has 2 atom stereocenters. The topological polar surface area (TPSA) is 41.6 Å². The number of hydrogen-bond donors (Lipinski definition) is 1. The van der Waals surface area contributed by atoms with Gasteiger partial charge in [0.25, 0.3) is 0 Å². The van der Waals surface area contributed by atoms with Gasteiger partial charge in [0.05, 0.1) is 12.1 Å². The highest BCUT2D eigenvalue weighted by molar-refractivity contribution is 5.93. The zero-order chi connectivity index (χ0) is 18.0. The summed E-state index contributed by atoms with van der Waals surface area (Å²) in [6.45, 7) is 7.78. The number of ether oxygens (including phenoxy) is 1. The van der Waals surface area contributed by atoms with Crippen LogP contribution in [-0.4, -0.2) is 18.1 Å². The highest BCUT2D eigenvalue weighted by Gasteiger charge is 2.31. The van der Waals surface area contributed by atoms with Crippen LogP contribution in [0.3, 0.4) is 0 Å². The first-order chi connectivity index (χ1) is 12.0. The van der Waals surface area contributed by atoms with Crippen LogP contribution in [0.5, 0.6) is 5.75 Å². The number of fused-ring (bicyclic) bond motifs is 1. The molecule has 3 rings (SSSR count). The summed E-state index contributed by atoms with van der Waals surface area (Å²) >= 11 is 0. The van der Waals surface area contributed by atoms with E-state index in [9.17, 15) is 4.79 Å². The summed E-state index contributed by atoms with van der Waals surface area (Å²) < 4.78 is 5.70. The monoisotopic (exact) mass is 338 g/mol. The fourth-order valence-corrected chi connectivity index (χ4v) is 3.53. The molecule has 4 nitrogen and oxygen atoms in total. The van der Waals surface area contributed by atoms with Gasteiger partial charge in [-0.3, -0.25) is 4.79 Å². The van der Waals surface area contributed by atoms with E-state index in [0.717, 1.165) is 23.5 Å². The maximum atomic E-state index is 12.1. The highest BCUT2D eigenvalue weighted by Crippen LogP contribution is 2.38. The van der Waals surface area contributed by atoms with Crippen LogP contribution in [0.25, 0.3) is 0 Å². The van der Waals surface area contributed by atoms with Crippen molar-refractivity contribution in [3.63, 3.8) is 0 Å². The summed E-state index contributed by atoms with van der Waals surface area (Å²) in [7, 11) is 0. The molecule has 0 bridgehead atoms. The highest BCUT2D eigenvalue weighted by atomic mass is 16.5. The summed E-state index contributed by atoms with van der Waals surface area (Å²) in [6.07, 6.45) is 1.04. The van der Waals surface area contributed by atoms with Gasteiger partial charge < -0.3 is 15.0 Å². The zero-order valence-electron chi connectivity index (χ0n) is 15.3. The van der Waals surface area contributed by atoms with Gasteiger partial charge in [0.1, 0.15) is 5.75 Å². The van der Waals surface area contributed by atoms with Crippen molar-refractivity contribution in [3.05, 3.63) is 54.1 Å². The van der Waals surface area contributed by atoms with Crippen molar-refractivity contribution in [2.24, 2.45) is 0 Å². The molecule has 0 radical (unpaired) electrons. The molecular weight excluding hydrogens is 312 g/mol. The number of carbonyl (C=O) groups excluding carboxylic acids is 1. The molecule has 1 aliphatic rings. The minimum absolute atomic E-state index is 0.0913. The second kappa shape index (κ2) is 7.18. The molecule has 0 fully saturated rings. The molecule has 0 saturated heterocycles. The predicted molar refractivity (Wildman–Crippen MR) is 102 cm³/mol. The molecule has 0 aliphatic carbocycles. The Balaban J connectivity index is 1.83. The van der Waals surface area contributed by atoms with Crippen LogP contribution >= 0.6 is 0 Å². The minimum Gasteiger partial charge on any atom is -0.491 e. The number of carbonyl (C=O) groups is 1. The Morgan fingerprint density at radius 2 is 1.84 bits per heavy atom. The van der Waals surface area contributed by atoms with E-state index in [-0.39, 0.29) is 24.1 Å². The van der Waals surface area contributed by atoms with Crippen molar-refractivity contribution >= 4 is 17.3 Å². The number of rotatable bonds is 4. The summed E-state index contributed by atoms with van der Waals surface area (Å²) in [5.74, 6) is 0.967.